The van der Waals surface area contributed by atoms with E-state index in [1.807, 2.05) is 0 Å². The molecule has 0 unspecified atom stereocenters. The molecular weight excluding hydrogens is 462 g/mol. The molecule has 3 aromatic carbocycles. The second-order valence-corrected chi connectivity index (χ2v) is 10.0. The van der Waals surface area contributed by atoms with Crippen molar-refractivity contribution in [1.29, 1.82) is 0 Å². The second kappa shape index (κ2) is 9.42. The van der Waals surface area contributed by atoms with E-state index in [0.717, 1.165) is 23.8 Å². The Hall–Kier alpha value is -3.46. The number of carbonyl (C=O) groups excluding carboxylic acids is 1. The maximum Gasteiger partial charge on any atom is 0.264 e. The molecule has 0 saturated heterocycles. The van der Waals surface area contributed by atoms with Crippen LogP contribution in [0.1, 0.15) is 18.9 Å². The van der Waals surface area contributed by atoms with Gasteiger partial charge in [-0.3, -0.25) is 9.10 Å². The zero-order valence-corrected chi connectivity index (χ0v) is 19.5. The summed E-state index contributed by atoms with van der Waals surface area (Å²) in [6, 6.07) is 14.3. The molecule has 178 valence electrons. The topological polar surface area (TPSA) is 75.7 Å². The van der Waals surface area contributed by atoms with Crippen molar-refractivity contribution in [2.45, 2.75) is 31.3 Å². The van der Waals surface area contributed by atoms with Gasteiger partial charge in [-0.25, -0.2) is 17.2 Å². The van der Waals surface area contributed by atoms with E-state index in [0.29, 0.717) is 24.3 Å². The monoisotopic (exact) mass is 486 g/mol. The van der Waals surface area contributed by atoms with Gasteiger partial charge in [0.05, 0.1) is 17.1 Å². The number of aryl methyl sites for hydroxylation is 1. The van der Waals surface area contributed by atoms with Crippen molar-refractivity contribution < 1.29 is 26.7 Å². The fourth-order valence-electron chi connectivity index (χ4n) is 3.89. The molecule has 1 atom stereocenters. The molecule has 1 aliphatic rings. The van der Waals surface area contributed by atoms with Crippen molar-refractivity contribution in [1.82, 2.24) is 5.32 Å². The summed E-state index contributed by atoms with van der Waals surface area (Å²) in [7, 11) is -3.99. The first-order chi connectivity index (χ1) is 16.1. The quantitative estimate of drug-likeness (QED) is 0.560. The lowest BCUT2D eigenvalue weighted by Crippen LogP contribution is -2.44. The summed E-state index contributed by atoms with van der Waals surface area (Å²) in [5.41, 5.74) is 1.36. The van der Waals surface area contributed by atoms with Crippen molar-refractivity contribution in [3.05, 3.63) is 77.9 Å². The molecule has 34 heavy (non-hydrogen) atoms. The van der Waals surface area contributed by atoms with E-state index in [1.54, 1.807) is 37.3 Å². The predicted octanol–water partition coefficient (Wildman–Crippen LogP) is 4.42. The van der Waals surface area contributed by atoms with Crippen molar-refractivity contribution in [2.24, 2.45) is 0 Å². The number of rotatable bonds is 6. The third-order valence-corrected chi connectivity index (χ3v) is 7.32. The SMILES string of the molecule is CC(=O)NCC[C@@H]1CN(S(=O)(=O)c2cccc(C)c2)c2cc(-c3cc(F)ccc3F)ccc2O1. The zero-order valence-electron chi connectivity index (χ0n) is 18.7. The number of fused-ring (bicyclic) bond motifs is 1. The summed E-state index contributed by atoms with van der Waals surface area (Å²) < 4.78 is 62.8. The Balaban J connectivity index is 1.78. The molecule has 3 aromatic rings. The van der Waals surface area contributed by atoms with Gasteiger partial charge in [0.25, 0.3) is 10.0 Å². The molecule has 4 rings (SSSR count). The van der Waals surface area contributed by atoms with Gasteiger partial charge in [-0.05, 0) is 60.5 Å². The van der Waals surface area contributed by atoms with E-state index in [9.17, 15) is 22.0 Å². The average Bonchev–Trinajstić information content (AvgIpc) is 2.79. The van der Waals surface area contributed by atoms with Crippen LogP contribution < -0.4 is 14.4 Å². The normalized spacial score (nSPS) is 15.4. The Morgan fingerprint density at radius 1 is 1.12 bits per heavy atom. The number of carbonyl (C=O) groups is 1. The molecule has 0 spiro atoms. The maximum atomic E-state index is 14.4. The van der Waals surface area contributed by atoms with Crippen LogP contribution in [-0.4, -0.2) is 33.5 Å². The van der Waals surface area contributed by atoms with Crippen molar-refractivity contribution in [2.75, 3.05) is 17.4 Å². The minimum absolute atomic E-state index is 0.00204. The van der Waals surface area contributed by atoms with Crippen molar-refractivity contribution >= 4 is 21.6 Å². The van der Waals surface area contributed by atoms with E-state index in [-0.39, 0.29) is 28.6 Å². The first-order valence-corrected chi connectivity index (χ1v) is 12.2. The van der Waals surface area contributed by atoms with Crippen LogP contribution in [0.2, 0.25) is 0 Å². The first-order valence-electron chi connectivity index (χ1n) is 10.7. The van der Waals surface area contributed by atoms with Gasteiger partial charge < -0.3 is 10.1 Å². The predicted molar refractivity (Wildman–Crippen MR) is 125 cm³/mol. The molecule has 1 amide bonds. The van der Waals surface area contributed by atoms with Gasteiger partial charge in [-0.15, -0.1) is 0 Å². The zero-order chi connectivity index (χ0) is 24.5. The van der Waals surface area contributed by atoms with Gasteiger partial charge in [0.1, 0.15) is 23.5 Å². The smallest absolute Gasteiger partial charge is 0.264 e. The molecule has 1 aliphatic heterocycles. The lowest BCUT2D eigenvalue weighted by molar-refractivity contribution is -0.119. The summed E-state index contributed by atoms with van der Waals surface area (Å²) >= 11 is 0. The number of anilines is 1. The minimum Gasteiger partial charge on any atom is -0.486 e. The van der Waals surface area contributed by atoms with Crippen LogP contribution in [0.25, 0.3) is 11.1 Å². The van der Waals surface area contributed by atoms with Gasteiger partial charge in [0.15, 0.2) is 0 Å². The summed E-state index contributed by atoms with van der Waals surface area (Å²) in [6.45, 7) is 3.52. The molecule has 0 bridgehead atoms. The highest BCUT2D eigenvalue weighted by Crippen LogP contribution is 2.41. The van der Waals surface area contributed by atoms with Crippen LogP contribution in [0.15, 0.2) is 65.6 Å². The first kappa shape index (κ1) is 23.7. The molecule has 1 N–H and O–H groups in total. The van der Waals surface area contributed by atoms with Crippen LogP contribution in [0.5, 0.6) is 5.75 Å². The summed E-state index contributed by atoms with van der Waals surface area (Å²) in [6.07, 6.45) is -0.130. The Morgan fingerprint density at radius 3 is 2.65 bits per heavy atom. The standard InChI is InChI=1S/C25H24F2N2O4S/c1-16-4-3-5-21(12-16)34(31,32)29-15-20(10-11-28-17(2)30)33-25-9-6-18(13-24(25)29)22-14-19(26)7-8-23(22)27/h3-9,12-14,20H,10-11,15H2,1-2H3,(H,28,30)/t20-/m1/s1. The maximum absolute atomic E-state index is 14.4. The minimum atomic E-state index is -3.99. The average molecular weight is 487 g/mol. The fraction of sp³-hybridized carbons (Fsp3) is 0.240. The number of hydrogen-bond donors (Lipinski definition) is 1. The summed E-state index contributed by atoms with van der Waals surface area (Å²) in [5, 5.41) is 2.69. The highest BCUT2D eigenvalue weighted by atomic mass is 32.2. The highest BCUT2D eigenvalue weighted by Gasteiger charge is 2.35. The molecule has 9 heteroatoms. The van der Waals surface area contributed by atoms with Crippen LogP contribution in [0.3, 0.4) is 0 Å². The Morgan fingerprint density at radius 2 is 1.91 bits per heavy atom. The number of sulfonamides is 1. The number of hydrogen-bond acceptors (Lipinski definition) is 4. The van der Waals surface area contributed by atoms with Gasteiger partial charge in [-0.2, -0.15) is 0 Å². The van der Waals surface area contributed by atoms with Crippen molar-refractivity contribution in [3.63, 3.8) is 0 Å². The van der Waals surface area contributed by atoms with Gasteiger partial charge in [0, 0.05) is 25.5 Å². The second-order valence-electron chi connectivity index (χ2n) is 8.17. The summed E-state index contributed by atoms with van der Waals surface area (Å²) in [4.78, 5) is 11.3. The lowest BCUT2D eigenvalue weighted by atomic mass is 10.0. The molecular formula is C25H24F2N2O4S. The molecule has 0 aliphatic carbocycles. The number of ether oxygens (including phenoxy) is 1. The molecule has 6 nitrogen and oxygen atoms in total. The fourth-order valence-corrected chi connectivity index (χ4v) is 5.49. The Kier molecular flexibility index (Phi) is 6.56. The lowest BCUT2D eigenvalue weighted by Gasteiger charge is -2.36. The molecule has 0 aromatic heterocycles. The molecule has 0 fully saturated rings. The van der Waals surface area contributed by atoms with E-state index in [1.165, 1.54) is 23.4 Å². The van der Waals surface area contributed by atoms with Crippen LogP contribution in [-0.2, 0) is 14.8 Å². The molecule has 0 saturated carbocycles. The molecule has 0 radical (unpaired) electrons. The van der Waals surface area contributed by atoms with Crippen LogP contribution >= 0.6 is 0 Å². The molecule has 1 heterocycles. The Labute approximate surface area is 197 Å². The number of amides is 1. The van der Waals surface area contributed by atoms with E-state index in [4.69, 9.17) is 4.74 Å². The van der Waals surface area contributed by atoms with Crippen molar-refractivity contribution in [3.8, 4) is 16.9 Å². The van der Waals surface area contributed by atoms with Crippen LogP contribution in [0, 0.1) is 18.6 Å². The van der Waals surface area contributed by atoms with Crippen LogP contribution in [0.4, 0.5) is 14.5 Å². The van der Waals surface area contributed by atoms with E-state index < -0.39 is 27.8 Å². The van der Waals surface area contributed by atoms with Gasteiger partial charge >= 0.3 is 0 Å². The van der Waals surface area contributed by atoms with E-state index in [2.05, 4.69) is 5.32 Å². The third kappa shape index (κ3) is 4.89. The Bertz CT molecular complexity index is 1340. The highest BCUT2D eigenvalue weighted by molar-refractivity contribution is 7.92. The summed E-state index contributed by atoms with van der Waals surface area (Å²) in [5.74, 6) is -1.12. The third-order valence-electron chi connectivity index (χ3n) is 5.55. The largest absolute Gasteiger partial charge is 0.486 e. The van der Waals surface area contributed by atoms with Gasteiger partial charge in [0.2, 0.25) is 5.91 Å². The number of nitrogens with one attached hydrogen (secondary N) is 1. The van der Waals surface area contributed by atoms with E-state index >= 15 is 0 Å². The number of benzene rings is 3. The number of nitrogens with zero attached hydrogens (tertiary/aromatic N) is 1. The van der Waals surface area contributed by atoms with Gasteiger partial charge in [-0.1, -0.05) is 18.2 Å². The number of halogens is 2.